The topological polar surface area (TPSA) is 61.8 Å². The number of nitrogens with one attached hydrogen (secondary N) is 1. The van der Waals surface area contributed by atoms with Gasteiger partial charge in [0.25, 0.3) is 5.91 Å². The summed E-state index contributed by atoms with van der Waals surface area (Å²) >= 11 is 13.6. The first-order valence-electron chi connectivity index (χ1n) is 9.87. The summed E-state index contributed by atoms with van der Waals surface area (Å²) in [5, 5.41) is 4.13. The van der Waals surface area contributed by atoms with Crippen molar-refractivity contribution in [2.45, 2.75) is 33.2 Å². The lowest BCUT2D eigenvalue weighted by Gasteiger charge is -2.18. The monoisotopic (exact) mass is 475 g/mol. The number of carbonyl (C=O) groups excluding carboxylic acids is 2. The van der Waals surface area contributed by atoms with Crippen molar-refractivity contribution in [1.82, 2.24) is 5.32 Å². The van der Waals surface area contributed by atoms with E-state index in [0.29, 0.717) is 26.5 Å². The number of benzene rings is 2. The molecule has 31 heavy (non-hydrogen) atoms. The highest BCUT2D eigenvalue weighted by Crippen LogP contribution is 2.32. The average molecular weight is 476 g/mol. The highest BCUT2D eigenvalue weighted by Gasteiger charge is 2.32. The van der Waals surface area contributed by atoms with E-state index in [1.165, 1.54) is 16.7 Å². The molecule has 162 valence electrons. The molecule has 3 rings (SSSR count). The normalized spacial score (nSPS) is 15.9. The van der Waals surface area contributed by atoms with Gasteiger partial charge in [-0.3, -0.25) is 14.5 Å². The van der Waals surface area contributed by atoms with Crippen LogP contribution in [0.15, 0.2) is 53.2 Å². The van der Waals surface area contributed by atoms with E-state index >= 15 is 0 Å². The maximum Gasteiger partial charge on any atom is 0.283 e. The number of aryl methyl sites for hydroxylation is 1. The fraction of sp³-hybridized carbons (Fsp3) is 0.261. The maximum atomic E-state index is 13.2. The van der Waals surface area contributed by atoms with Gasteiger partial charge in [-0.2, -0.15) is 0 Å². The molecule has 1 atom stereocenters. The first-order chi connectivity index (χ1) is 14.8. The summed E-state index contributed by atoms with van der Waals surface area (Å²) in [5.41, 5.74) is 2.60. The summed E-state index contributed by atoms with van der Waals surface area (Å²) in [6.45, 7) is 5.94. The Balaban J connectivity index is 1.91. The number of anilines is 1. The molecule has 2 aromatic rings. The molecule has 0 saturated carbocycles. The van der Waals surface area contributed by atoms with Crippen LogP contribution in [0.5, 0.6) is 0 Å². The number of hydrogen-bond acceptors (Lipinski definition) is 4. The molecule has 0 spiro atoms. The van der Waals surface area contributed by atoms with Gasteiger partial charge in [0.15, 0.2) is 5.17 Å². The first kappa shape index (κ1) is 23.4. The van der Waals surface area contributed by atoms with Gasteiger partial charge in [0, 0.05) is 6.04 Å². The van der Waals surface area contributed by atoms with Crippen molar-refractivity contribution < 1.29 is 9.59 Å². The number of thioether (sulfide) groups is 1. The molecule has 0 aliphatic carbocycles. The third-order valence-corrected chi connectivity index (χ3v) is 6.52. The number of carbonyl (C=O) groups is 2. The first-order valence-corrected chi connectivity index (χ1v) is 11.6. The zero-order valence-corrected chi connectivity index (χ0v) is 19.8. The van der Waals surface area contributed by atoms with E-state index in [4.69, 9.17) is 23.2 Å². The predicted octanol–water partition coefficient (Wildman–Crippen LogP) is 5.69. The van der Waals surface area contributed by atoms with Crippen LogP contribution in [0, 0.1) is 6.92 Å². The minimum atomic E-state index is -0.287. The van der Waals surface area contributed by atoms with E-state index in [0.717, 1.165) is 12.0 Å². The smallest absolute Gasteiger partial charge is 0.283 e. The molecule has 0 radical (unpaired) electrons. The largest absolute Gasteiger partial charge is 0.353 e. The fourth-order valence-electron chi connectivity index (χ4n) is 2.84. The Kier molecular flexibility index (Phi) is 7.81. The second-order valence-corrected chi connectivity index (χ2v) is 8.94. The summed E-state index contributed by atoms with van der Waals surface area (Å²) in [6, 6.07) is 12.9. The number of halogens is 2. The van der Waals surface area contributed by atoms with Crippen LogP contribution in [0.2, 0.25) is 10.0 Å². The average Bonchev–Trinajstić information content (AvgIpc) is 3.05. The number of nitrogens with zero attached hydrogens (tertiary/aromatic N) is 2. The Labute approximate surface area is 196 Å². The van der Waals surface area contributed by atoms with Gasteiger partial charge in [-0.05, 0) is 50.1 Å². The Bertz CT molecular complexity index is 1050. The molecular formula is C23H23Cl2N3O2S. The number of aliphatic imine (C=N–C) groups is 1. The molecule has 1 N–H and O–H groups in total. The van der Waals surface area contributed by atoms with Gasteiger partial charge in [0.05, 0.1) is 21.5 Å². The van der Waals surface area contributed by atoms with Crippen molar-refractivity contribution in [3.63, 3.8) is 0 Å². The lowest BCUT2D eigenvalue weighted by atomic mass is 10.2. The van der Waals surface area contributed by atoms with Crippen LogP contribution in [0.3, 0.4) is 0 Å². The highest BCUT2D eigenvalue weighted by atomic mass is 35.5. The minimum absolute atomic E-state index is 0.0916. The Hall–Kier alpha value is -2.28. The lowest BCUT2D eigenvalue weighted by Crippen LogP contribution is -2.35. The van der Waals surface area contributed by atoms with E-state index in [-0.39, 0.29) is 29.3 Å². The molecule has 1 aliphatic heterocycles. The molecule has 0 bridgehead atoms. The Morgan fingerprint density at radius 1 is 1.23 bits per heavy atom. The lowest BCUT2D eigenvalue weighted by molar-refractivity contribution is -0.119. The summed E-state index contributed by atoms with van der Waals surface area (Å²) < 4.78 is 0. The number of amidine groups is 1. The SMILES string of the molecule is CCC(C)NC(=O)CSC1=NC(=Cc2cccc(Cl)c2Cl)C(=O)N1c1ccc(C)cc1. The Morgan fingerprint density at radius 2 is 1.94 bits per heavy atom. The zero-order chi connectivity index (χ0) is 22.5. The maximum absolute atomic E-state index is 13.2. The van der Waals surface area contributed by atoms with Crippen LogP contribution in [0.4, 0.5) is 5.69 Å². The Morgan fingerprint density at radius 3 is 2.61 bits per heavy atom. The van der Waals surface area contributed by atoms with Gasteiger partial charge in [0.2, 0.25) is 5.91 Å². The predicted molar refractivity (Wildman–Crippen MR) is 131 cm³/mol. The molecule has 2 amide bonds. The van der Waals surface area contributed by atoms with Crippen molar-refractivity contribution in [2.75, 3.05) is 10.7 Å². The fourth-order valence-corrected chi connectivity index (χ4v) is 4.03. The van der Waals surface area contributed by atoms with Gasteiger partial charge >= 0.3 is 0 Å². The summed E-state index contributed by atoms with van der Waals surface area (Å²) in [7, 11) is 0. The highest BCUT2D eigenvalue weighted by molar-refractivity contribution is 8.14. The van der Waals surface area contributed by atoms with E-state index in [1.807, 2.05) is 45.0 Å². The number of amides is 2. The molecule has 8 heteroatoms. The molecule has 1 aliphatic rings. The van der Waals surface area contributed by atoms with Crippen LogP contribution >= 0.6 is 35.0 Å². The molecule has 0 fully saturated rings. The van der Waals surface area contributed by atoms with Crippen LogP contribution < -0.4 is 10.2 Å². The van der Waals surface area contributed by atoms with Gasteiger partial charge in [0.1, 0.15) is 5.70 Å². The van der Waals surface area contributed by atoms with Crippen LogP contribution in [0.1, 0.15) is 31.4 Å². The molecule has 1 unspecified atom stereocenters. The van der Waals surface area contributed by atoms with E-state index in [9.17, 15) is 9.59 Å². The molecule has 0 saturated heterocycles. The third-order valence-electron chi connectivity index (χ3n) is 4.75. The van der Waals surface area contributed by atoms with Crippen LogP contribution in [0.25, 0.3) is 6.08 Å². The van der Waals surface area contributed by atoms with Gasteiger partial charge in [-0.1, -0.05) is 71.7 Å². The second kappa shape index (κ2) is 10.4. The zero-order valence-electron chi connectivity index (χ0n) is 17.5. The van der Waals surface area contributed by atoms with Gasteiger partial charge < -0.3 is 5.32 Å². The molecule has 2 aromatic carbocycles. The second-order valence-electron chi connectivity index (χ2n) is 7.21. The van der Waals surface area contributed by atoms with E-state index in [1.54, 1.807) is 24.3 Å². The summed E-state index contributed by atoms with van der Waals surface area (Å²) in [6.07, 6.45) is 2.46. The van der Waals surface area contributed by atoms with Crippen molar-refractivity contribution in [2.24, 2.45) is 4.99 Å². The van der Waals surface area contributed by atoms with Crippen molar-refractivity contribution in [3.05, 3.63) is 69.3 Å². The van der Waals surface area contributed by atoms with Gasteiger partial charge in [-0.15, -0.1) is 0 Å². The van der Waals surface area contributed by atoms with Crippen molar-refractivity contribution in [1.29, 1.82) is 0 Å². The number of hydrogen-bond donors (Lipinski definition) is 1. The minimum Gasteiger partial charge on any atom is -0.353 e. The van der Waals surface area contributed by atoms with Crippen molar-refractivity contribution >= 4 is 63.7 Å². The number of rotatable bonds is 6. The summed E-state index contributed by atoms with van der Waals surface area (Å²) in [5.74, 6) is -0.234. The third kappa shape index (κ3) is 5.70. The molecule has 5 nitrogen and oxygen atoms in total. The van der Waals surface area contributed by atoms with Crippen LogP contribution in [-0.4, -0.2) is 28.8 Å². The van der Waals surface area contributed by atoms with Crippen molar-refractivity contribution in [3.8, 4) is 0 Å². The summed E-state index contributed by atoms with van der Waals surface area (Å²) in [4.78, 5) is 31.5. The molecular weight excluding hydrogens is 453 g/mol. The van der Waals surface area contributed by atoms with Crippen LogP contribution in [-0.2, 0) is 9.59 Å². The molecule has 0 aromatic heterocycles. The van der Waals surface area contributed by atoms with E-state index < -0.39 is 0 Å². The molecule has 1 heterocycles. The van der Waals surface area contributed by atoms with E-state index in [2.05, 4.69) is 10.3 Å². The quantitative estimate of drug-likeness (QED) is 0.545. The van der Waals surface area contributed by atoms with Gasteiger partial charge in [-0.25, -0.2) is 4.99 Å². The standard InChI is InChI=1S/C23H23Cl2N3O2S/c1-4-15(3)26-20(29)13-31-23-27-19(12-16-6-5-7-18(24)21(16)25)22(30)28(23)17-10-8-14(2)9-11-17/h5-12,15H,4,13H2,1-3H3,(H,26,29).